The van der Waals surface area contributed by atoms with E-state index in [1.165, 1.54) is 0 Å². The highest BCUT2D eigenvalue weighted by molar-refractivity contribution is 6.32. The van der Waals surface area contributed by atoms with Crippen molar-refractivity contribution in [2.75, 3.05) is 18.2 Å². The highest BCUT2D eigenvalue weighted by Crippen LogP contribution is 2.34. The van der Waals surface area contributed by atoms with Gasteiger partial charge in [-0.2, -0.15) is 0 Å². The van der Waals surface area contributed by atoms with Crippen LogP contribution in [0.15, 0.2) is 22.6 Å². The molecule has 8 nitrogen and oxygen atoms in total. The Morgan fingerprint density at radius 2 is 2.18 bits per heavy atom. The van der Waals surface area contributed by atoms with Crippen molar-refractivity contribution in [1.29, 1.82) is 0 Å². The summed E-state index contributed by atoms with van der Waals surface area (Å²) in [5.41, 5.74) is -0.847. The molecule has 118 valence electrons. The molecule has 0 radical (unpaired) electrons. The lowest BCUT2D eigenvalue weighted by Gasteiger charge is -2.23. The molecule has 0 aliphatic carbocycles. The number of benzene rings is 1. The van der Waals surface area contributed by atoms with E-state index in [1.807, 2.05) is 0 Å². The number of anilines is 1. The normalized spacial score (nSPS) is 17.1. The van der Waals surface area contributed by atoms with Gasteiger partial charge in [0.25, 0.3) is 5.69 Å². The quantitative estimate of drug-likeness (QED) is 0.453. The van der Waals surface area contributed by atoms with Crippen LogP contribution in [0.5, 0.6) is 0 Å². The first kappa shape index (κ1) is 16.0. The van der Waals surface area contributed by atoms with Crippen molar-refractivity contribution in [3.8, 4) is 0 Å². The second kappa shape index (κ2) is 6.60. The molecule has 1 aromatic rings. The average molecular weight is 334 g/mol. The van der Waals surface area contributed by atoms with Crippen LogP contribution in [0.25, 0.3) is 0 Å². The number of alkyl halides is 1. The molecule has 1 aliphatic heterocycles. The van der Waals surface area contributed by atoms with Gasteiger partial charge in [-0.3, -0.25) is 19.3 Å². The van der Waals surface area contributed by atoms with Crippen molar-refractivity contribution in [1.82, 2.24) is 5.01 Å². The number of carbonyl (C=O) groups excluding carboxylic acids is 1. The largest absolute Gasteiger partial charge is 0.299 e. The molecule has 11 heteroatoms. The molecule has 1 aromatic carbocycles. The monoisotopic (exact) mass is 333 g/mol. The summed E-state index contributed by atoms with van der Waals surface area (Å²) in [6, 6.07) is 1.63. The Balaban J connectivity index is 2.35. The van der Waals surface area contributed by atoms with E-state index in [0.29, 0.717) is 6.29 Å². The minimum absolute atomic E-state index is 0.0945. The Hall–Kier alpha value is -2.36. The second-order valence-corrected chi connectivity index (χ2v) is 4.70. The van der Waals surface area contributed by atoms with Crippen LogP contribution in [0.3, 0.4) is 0 Å². The highest BCUT2D eigenvalue weighted by Gasteiger charge is 2.33. The fourth-order valence-corrected chi connectivity index (χ4v) is 2.11. The van der Waals surface area contributed by atoms with Gasteiger partial charge in [-0.25, -0.2) is 14.4 Å². The Morgan fingerprint density at radius 1 is 1.45 bits per heavy atom. The van der Waals surface area contributed by atoms with Gasteiger partial charge in [0.1, 0.15) is 10.7 Å². The smallest absolute Gasteiger partial charge is 0.290 e. The third-order valence-corrected chi connectivity index (χ3v) is 3.21. The molecule has 1 heterocycles. The summed E-state index contributed by atoms with van der Waals surface area (Å²) >= 11 is 5.59. The minimum Gasteiger partial charge on any atom is -0.299 e. The van der Waals surface area contributed by atoms with Crippen LogP contribution in [-0.2, 0) is 4.79 Å². The lowest BCUT2D eigenvalue weighted by Crippen LogP contribution is -2.40. The second-order valence-electron chi connectivity index (χ2n) is 4.29. The summed E-state index contributed by atoms with van der Waals surface area (Å²) in [7, 11) is 0. The molecule has 0 N–H and O–H groups in total. The van der Waals surface area contributed by atoms with Gasteiger partial charge in [-0.1, -0.05) is 16.8 Å². The van der Waals surface area contributed by atoms with E-state index in [1.54, 1.807) is 0 Å². The van der Waals surface area contributed by atoms with Crippen molar-refractivity contribution < 1.29 is 18.5 Å². The lowest BCUT2D eigenvalue weighted by atomic mass is 10.2. The van der Waals surface area contributed by atoms with Crippen molar-refractivity contribution in [3.05, 3.63) is 33.1 Å². The molecule has 22 heavy (non-hydrogen) atoms. The lowest BCUT2D eigenvalue weighted by molar-refractivity contribution is -0.384. The molecule has 0 bridgehead atoms. The van der Waals surface area contributed by atoms with Gasteiger partial charge in [0.2, 0.25) is 0 Å². The van der Waals surface area contributed by atoms with Crippen LogP contribution in [0.4, 0.5) is 20.2 Å². The molecule has 0 saturated carbocycles. The van der Waals surface area contributed by atoms with Crippen LogP contribution in [0.1, 0.15) is 6.42 Å². The first-order valence-corrected chi connectivity index (χ1v) is 6.49. The zero-order valence-electron chi connectivity index (χ0n) is 11.0. The summed E-state index contributed by atoms with van der Waals surface area (Å²) < 4.78 is 26.2. The SMILES string of the molecule is O=CC1N(CCCF)N=NN1c1cc([N+](=O)[O-])c(Cl)cc1F. The third kappa shape index (κ3) is 2.96. The van der Waals surface area contributed by atoms with Crippen LogP contribution in [0, 0.1) is 15.9 Å². The Bertz CT molecular complexity index is 630. The van der Waals surface area contributed by atoms with E-state index in [-0.39, 0.29) is 23.7 Å². The van der Waals surface area contributed by atoms with E-state index in [0.717, 1.165) is 22.2 Å². The first-order valence-electron chi connectivity index (χ1n) is 6.11. The van der Waals surface area contributed by atoms with Gasteiger partial charge < -0.3 is 0 Å². The zero-order valence-corrected chi connectivity index (χ0v) is 11.8. The highest BCUT2D eigenvalue weighted by atomic mass is 35.5. The van der Waals surface area contributed by atoms with Gasteiger partial charge in [-0.15, -0.1) is 0 Å². The van der Waals surface area contributed by atoms with Gasteiger partial charge in [0.05, 0.1) is 11.6 Å². The number of nitro groups is 1. The van der Waals surface area contributed by atoms with Gasteiger partial charge in [0.15, 0.2) is 18.3 Å². The van der Waals surface area contributed by atoms with E-state index in [4.69, 9.17) is 11.6 Å². The number of halogens is 3. The molecule has 1 aliphatic rings. The first-order chi connectivity index (χ1) is 10.5. The van der Waals surface area contributed by atoms with Crippen LogP contribution >= 0.6 is 11.6 Å². The molecule has 0 amide bonds. The fraction of sp³-hybridized carbons (Fsp3) is 0.364. The summed E-state index contributed by atoms with van der Waals surface area (Å²) in [4.78, 5) is 21.3. The Morgan fingerprint density at radius 3 is 2.77 bits per heavy atom. The maximum Gasteiger partial charge on any atom is 0.290 e. The fourth-order valence-electron chi connectivity index (χ4n) is 1.89. The van der Waals surface area contributed by atoms with Crippen molar-refractivity contribution in [2.45, 2.75) is 12.6 Å². The summed E-state index contributed by atoms with van der Waals surface area (Å²) in [6.07, 6.45) is -0.569. The van der Waals surface area contributed by atoms with E-state index in [2.05, 4.69) is 10.4 Å². The van der Waals surface area contributed by atoms with E-state index in [9.17, 15) is 23.7 Å². The van der Waals surface area contributed by atoms with E-state index < -0.39 is 29.3 Å². The summed E-state index contributed by atoms with van der Waals surface area (Å²) in [5, 5.41) is 19.8. The number of hydrogen-bond acceptors (Lipinski definition) is 7. The van der Waals surface area contributed by atoms with Crippen molar-refractivity contribution in [2.24, 2.45) is 10.4 Å². The number of nitro benzene ring substituents is 1. The topological polar surface area (TPSA) is 91.4 Å². The average Bonchev–Trinajstić information content (AvgIpc) is 2.87. The Kier molecular flexibility index (Phi) is 4.81. The number of hydrogen-bond donors (Lipinski definition) is 0. The molecular weight excluding hydrogens is 324 g/mol. The Labute approximate surface area is 128 Å². The predicted octanol–water partition coefficient (Wildman–Crippen LogP) is 2.68. The van der Waals surface area contributed by atoms with Crippen molar-refractivity contribution in [3.63, 3.8) is 0 Å². The van der Waals surface area contributed by atoms with Crippen LogP contribution in [-0.4, -0.2) is 35.6 Å². The molecule has 2 rings (SSSR count). The predicted molar refractivity (Wildman–Crippen MR) is 72.5 cm³/mol. The van der Waals surface area contributed by atoms with Gasteiger partial charge >= 0.3 is 0 Å². The van der Waals surface area contributed by atoms with E-state index >= 15 is 0 Å². The number of nitrogens with zero attached hydrogens (tertiary/aromatic N) is 5. The molecule has 0 saturated heterocycles. The summed E-state index contributed by atoms with van der Waals surface area (Å²) in [6.45, 7) is -0.518. The number of aldehydes is 1. The molecule has 1 unspecified atom stereocenters. The summed E-state index contributed by atoms with van der Waals surface area (Å²) in [5.74, 6) is -0.895. The zero-order chi connectivity index (χ0) is 16.3. The van der Waals surface area contributed by atoms with Gasteiger partial charge in [-0.05, 0) is 11.6 Å². The standard InChI is InChI=1S/C11H10ClF2N5O3/c12-7-4-8(14)10(5-9(7)19(21)22)18-11(6-20)17(15-16-18)3-1-2-13/h4-6,11H,1-3H2. The molecular formula is C11H10ClF2N5O3. The maximum atomic E-state index is 14.0. The maximum absolute atomic E-state index is 14.0. The van der Waals surface area contributed by atoms with Crippen LogP contribution in [0.2, 0.25) is 5.02 Å². The molecule has 0 fully saturated rings. The van der Waals surface area contributed by atoms with Gasteiger partial charge in [0, 0.05) is 18.7 Å². The number of carbonyl (C=O) groups is 1. The minimum atomic E-state index is -1.11. The third-order valence-electron chi connectivity index (χ3n) is 2.91. The number of rotatable bonds is 6. The molecule has 1 atom stereocenters. The van der Waals surface area contributed by atoms with Crippen molar-refractivity contribution >= 4 is 29.3 Å². The molecule has 0 aromatic heterocycles. The van der Waals surface area contributed by atoms with Crippen LogP contribution < -0.4 is 5.01 Å². The molecule has 0 spiro atoms.